The summed E-state index contributed by atoms with van der Waals surface area (Å²) in [5.74, 6) is 0.862. The maximum absolute atomic E-state index is 13.5. The molecule has 0 aliphatic carbocycles. The largest absolute Gasteiger partial charge is 0.353 e. The van der Waals surface area contributed by atoms with Crippen LogP contribution in [-0.2, 0) is 14.8 Å². The molecule has 0 bridgehead atoms. The zero-order chi connectivity index (χ0) is 24.1. The molecule has 1 saturated heterocycles. The number of nitrogens with zero attached hydrogens (tertiary/aromatic N) is 4. The van der Waals surface area contributed by atoms with Crippen molar-refractivity contribution >= 4 is 27.4 Å². The summed E-state index contributed by atoms with van der Waals surface area (Å²) in [5.41, 5.74) is 2.58. The van der Waals surface area contributed by atoms with E-state index < -0.39 is 10.0 Å². The Morgan fingerprint density at radius 3 is 2.09 bits per heavy atom. The van der Waals surface area contributed by atoms with Crippen molar-refractivity contribution in [2.24, 2.45) is 0 Å². The van der Waals surface area contributed by atoms with Gasteiger partial charge in [-0.15, -0.1) is 0 Å². The highest BCUT2D eigenvalue weighted by atomic mass is 32.2. The first-order chi connectivity index (χ1) is 16.3. The van der Waals surface area contributed by atoms with Gasteiger partial charge in [-0.2, -0.15) is 0 Å². The molecule has 0 unspecified atom stereocenters. The van der Waals surface area contributed by atoms with Gasteiger partial charge in [0.1, 0.15) is 5.82 Å². The zero-order valence-corrected chi connectivity index (χ0v) is 20.4. The molecule has 0 saturated carbocycles. The summed E-state index contributed by atoms with van der Waals surface area (Å²) >= 11 is 0. The average molecular weight is 479 g/mol. The van der Waals surface area contributed by atoms with Crippen LogP contribution in [0.5, 0.6) is 0 Å². The molecule has 34 heavy (non-hydrogen) atoms. The molecule has 1 amide bonds. The Morgan fingerprint density at radius 1 is 0.882 bits per heavy atom. The summed E-state index contributed by atoms with van der Waals surface area (Å²) in [4.78, 5) is 21.6. The number of hydrogen-bond acceptors (Lipinski definition) is 5. The van der Waals surface area contributed by atoms with Crippen LogP contribution < -0.4 is 9.21 Å². The van der Waals surface area contributed by atoms with Crippen LogP contribution in [0.25, 0.3) is 0 Å². The molecule has 1 aromatic heterocycles. The monoisotopic (exact) mass is 478 g/mol. The predicted molar refractivity (Wildman–Crippen MR) is 135 cm³/mol. The summed E-state index contributed by atoms with van der Waals surface area (Å²) < 4.78 is 28.4. The molecule has 0 N–H and O–H groups in total. The zero-order valence-electron chi connectivity index (χ0n) is 19.6. The summed E-state index contributed by atoms with van der Waals surface area (Å²) in [5, 5.41) is 0. The van der Waals surface area contributed by atoms with Gasteiger partial charge in [0.25, 0.3) is 10.0 Å². The number of rotatable bonds is 7. The normalized spacial score (nSPS) is 14.2. The smallest absolute Gasteiger partial charge is 0.264 e. The van der Waals surface area contributed by atoms with E-state index >= 15 is 0 Å². The fraction of sp³-hybridized carbons (Fsp3) is 0.308. The van der Waals surface area contributed by atoms with E-state index in [1.165, 1.54) is 4.31 Å². The molecule has 8 heteroatoms. The lowest BCUT2D eigenvalue weighted by Gasteiger charge is -2.35. The molecular weight excluding hydrogens is 448 g/mol. The topological polar surface area (TPSA) is 73.8 Å². The molecule has 1 aliphatic heterocycles. The Bertz CT molecular complexity index is 1210. The second kappa shape index (κ2) is 10.3. The van der Waals surface area contributed by atoms with Crippen molar-refractivity contribution in [3.63, 3.8) is 0 Å². The number of amides is 1. The van der Waals surface area contributed by atoms with E-state index in [0.717, 1.165) is 16.9 Å². The predicted octanol–water partition coefficient (Wildman–Crippen LogP) is 3.63. The van der Waals surface area contributed by atoms with Gasteiger partial charge in [-0.3, -0.25) is 9.10 Å². The molecule has 2 aromatic carbocycles. The number of anilines is 2. The first-order valence-corrected chi connectivity index (χ1v) is 12.9. The standard InChI is InChI=1S/C26H30N4O3S/c1-21-6-10-23(11-7-21)30(34(32,33)24-12-8-22(2)9-13-24)16-14-26(31)29-19-17-28(18-20-29)25-5-3-4-15-27-25/h3-13,15H,14,16-20H2,1-2H3. The number of carbonyl (C=O) groups is 1. The Labute approximate surface area is 201 Å². The molecule has 2 heterocycles. The molecule has 0 spiro atoms. The molecule has 7 nitrogen and oxygen atoms in total. The lowest BCUT2D eigenvalue weighted by atomic mass is 10.2. The third kappa shape index (κ3) is 5.39. The van der Waals surface area contributed by atoms with Gasteiger partial charge >= 0.3 is 0 Å². The molecule has 3 aromatic rings. The highest BCUT2D eigenvalue weighted by Gasteiger charge is 2.27. The highest BCUT2D eigenvalue weighted by Crippen LogP contribution is 2.25. The van der Waals surface area contributed by atoms with Crippen LogP contribution in [0.3, 0.4) is 0 Å². The lowest BCUT2D eigenvalue weighted by Crippen LogP contribution is -2.49. The number of benzene rings is 2. The van der Waals surface area contributed by atoms with Crippen LogP contribution in [-0.4, -0.2) is 56.9 Å². The van der Waals surface area contributed by atoms with Gasteiger partial charge < -0.3 is 9.80 Å². The Kier molecular flexibility index (Phi) is 7.17. The minimum Gasteiger partial charge on any atom is -0.353 e. The van der Waals surface area contributed by atoms with Crippen LogP contribution in [0.15, 0.2) is 77.8 Å². The molecule has 1 fully saturated rings. The quantitative estimate of drug-likeness (QED) is 0.519. The fourth-order valence-corrected chi connectivity index (χ4v) is 5.48. The van der Waals surface area contributed by atoms with E-state index in [1.807, 2.05) is 49.1 Å². The van der Waals surface area contributed by atoms with Gasteiger partial charge in [-0.1, -0.05) is 41.5 Å². The van der Waals surface area contributed by atoms with E-state index in [-0.39, 0.29) is 23.8 Å². The highest BCUT2D eigenvalue weighted by molar-refractivity contribution is 7.92. The van der Waals surface area contributed by atoms with Crippen LogP contribution in [0.1, 0.15) is 17.5 Å². The van der Waals surface area contributed by atoms with E-state index in [2.05, 4.69) is 9.88 Å². The first kappa shape index (κ1) is 23.8. The van der Waals surface area contributed by atoms with Crippen molar-refractivity contribution < 1.29 is 13.2 Å². The number of aryl methyl sites for hydroxylation is 2. The summed E-state index contributed by atoms with van der Waals surface area (Å²) in [6, 6.07) is 19.9. The van der Waals surface area contributed by atoms with Crippen molar-refractivity contribution in [1.82, 2.24) is 9.88 Å². The molecular formula is C26H30N4O3S. The van der Waals surface area contributed by atoms with Gasteiger partial charge in [0.2, 0.25) is 5.91 Å². The minimum absolute atomic E-state index is 0.0445. The first-order valence-electron chi connectivity index (χ1n) is 11.4. The molecule has 0 radical (unpaired) electrons. The van der Waals surface area contributed by atoms with Crippen LogP contribution in [0.2, 0.25) is 0 Å². The summed E-state index contributed by atoms with van der Waals surface area (Å²) in [7, 11) is -3.81. The van der Waals surface area contributed by atoms with Crippen molar-refractivity contribution in [3.05, 3.63) is 84.1 Å². The van der Waals surface area contributed by atoms with Crippen LogP contribution >= 0.6 is 0 Å². The summed E-state index contributed by atoms with van der Waals surface area (Å²) in [6.45, 7) is 6.53. The number of pyridine rings is 1. The van der Waals surface area contributed by atoms with E-state index in [0.29, 0.717) is 31.9 Å². The molecule has 178 valence electrons. The van der Waals surface area contributed by atoms with Crippen LogP contribution in [0, 0.1) is 13.8 Å². The Balaban J connectivity index is 1.46. The minimum atomic E-state index is -3.81. The van der Waals surface area contributed by atoms with Crippen molar-refractivity contribution in [3.8, 4) is 0 Å². The van der Waals surface area contributed by atoms with Gasteiger partial charge in [0, 0.05) is 45.3 Å². The van der Waals surface area contributed by atoms with Gasteiger partial charge in [0.15, 0.2) is 0 Å². The van der Waals surface area contributed by atoms with Gasteiger partial charge in [-0.25, -0.2) is 13.4 Å². The van der Waals surface area contributed by atoms with Crippen molar-refractivity contribution in [2.45, 2.75) is 25.2 Å². The third-order valence-electron chi connectivity index (χ3n) is 6.07. The molecule has 4 rings (SSSR count). The van der Waals surface area contributed by atoms with E-state index in [4.69, 9.17) is 0 Å². The number of sulfonamides is 1. The van der Waals surface area contributed by atoms with Gasteiger partial charge in [0.05, 0.1) is 10.6 Å². The van der Waals surface area contributed by atoms with Crippen LogP contribution in [0.4, 0.5) is 11.5 Å². The van der Waals surface area contributed by atoms with Gasteiger partial charge in [-0.05, 0) is 50.2 Å². The van der Waals surface area contributed by atoms with E-state index in [9.17, 15) is 13.2 Å². The number of piperazine rings is 1. The second-order valence-electron chi connectivity index (χ2n) is 8.53. The number of carbonyl (C=O) groups excluding carboxylic acids is 1. The lowest BCUT2D eigenvalue weighted by molar-refractivity contribution is -0.131. The van der Waals surface area contributed by atoms with E-state index in [1.54, 1.807) is 42.6 Å². The molecule has 1 aliphatic rings. The third-order valence-corrected chi connectivity index (χ3v) is 7.91. The number of aromatic nitrogens is 1. The summed E-state index contributed by atoms with van der Waals surface area (Å²) in [6.07, 6.45) is 1.88. The Morgan fingerprint density at radius 2 is 1.50 bits per heavy atom. The molecule has 0 atom stereocenters. The maximum Gasteiger partial charge on any atom is 0.264 e. The fourth-order valence-electron chi connectivity index (χ4n) is 4.02. The Hall–Kier alpha value is -3.39. The second-order valence-corrected chi connectivity index (χ2v) is 10.4. The maximum atomic E-state index is 13.5. The van der Waals surface area contributed by atoms with Crippen molar-refractivity contribution in [2.75, 3.05) is 41.9 Å². The average Bonchev–Trinajstić information content (AvgIpc) is 2.86. The SMILES string of the molecule is Cc1ccc(N(CCC(=O)N2CCN(c3ccccn3)CC2)S(=O)(=O)c2ccc(C)cc2)cc1. The van der Waals surface area contributed by atoms with Crippen molar-refractivity contribution in [1.29, 1.82) is 0 Å². The number of hydrogen-bond donors (Lipinski definition) is 0.